The topological polar surface area (TPSA) is 60.0 Å². The molecule has 3 rings (SSSR count). The van der Waals surface area contributed by atoms with Gasteiger partial charge >= 0.3 is 0 Å². The number of hydrogen-bond donors (Lipinski definition) is 0. The molecule has 0 radical (unpaired) electrons. The van der Waals surface area contributed by atoms with Crippen LogP contribution in [0.3, 0.4) is 0 Å². The van der Waals surface area contributed by atoms with E-state index in [0.29, 0.717) is 0 Å². The second-order valence-corrected chi connectivity index (χ2v) is 5.43. The second-order valence-electron chi connectivity index (χ2n) is 5.43. The van der Waals surface area contributed by atoms with E-state index in [4.69, 9.17) is 4.52 Å². The van der Waals surface area contributed by atoms with Gasteiger partial charge in [0.25, 0.3) is 0 Å². The summed E-state index contributed by atoms with van der Waals surface area (Å²) < 4.78 is 7.24. The Morgan fingerprint density at radius 3 is 2.95 bits per heavy atom. The Labute approximate surface area is 129 Å². The molecule has 3 heterocycles. The van der Waals surface area contributed by atoms with Crippen molar-refractivity contribution >= 4 is 0 Å². The molecular weight excluding hydrogens is 278 g/mol. The quantitative estimate of drug-likeness (QED) is 0.697. The predicted molar refractivity (Wildman–Crippen MR) is 83.0 cm³/mol. The van der Waals surface area contributed by atoms with Crippen LogP contribution in [0.25, 0.3) is 11.3 Å². The molecule has 3 aromatic heterocycles. The Kier molecular flexibility index (Phi) is 4.29. The zero-order valence-electron chi connectivity index (χ0n) is 12.8. The molecule has 0 saturated heterocycles. The Bertz CT molecular complexity index is 719. The van der Waals surface area contributed by atoms with Gasteiger partial charge in [0.2, 0.25) is 0 Å². The molecule has 0 aliphatic heterocycles. The van der Waals surface area contributed by atoms with E-state index in [9.17, 15) is 0 Å². The van der Waals surface area contributed by atoms with Crippen molar-refractivity contribution in [2.45, 2.75) is 13.0 Å². The molecular formula is C16H19N5O. The summed E-state index contributed by atoms with van der Waals surface area (Å²) in [6.07, 6.45) is 8.45. The summed E-state index contributed by atoms with van der Waals surface area (Å²) in [4.78, 5) is 6.31. The van der Waals surface area contributed by atoms with E-state index in [1.54, 1.807) is 12.4 Å². The third kappa shape index (κ3) is 3.59. The van der Waals surface area contributed by atoms with Crippen molar-refractivity contribution in [3.8, 4) is 11.3 Å². The summed E-state index contributed by atoms with van der Waals surface area (Å²) >= 11 is 0. The van der Waals surface area contributed by atoms with Gasteiger partial charge < -0.3 is 4.52 Å². The van der Waals surface area contributed by atoms with Gasteiger partial charge in [-0.05, 0) is 31.2 Å². The van der Waals surface area contributed by atoms with E-state index >= 15 is 0 Å². The molecule has 0 aliphatic carbocycles. The lowest BCUT2D eigenvalue weighted by molar-refractivity contribution is 0.275. The maximum atomic E-state index is 5.41. The van der Waals surface area contributed by atoms with E-state index < -0.39 is 0 Å². The summed E-state index contributed by atoms with van der Waals surface area (Å²) in [5, 5.41) is 8.29. The highest BCUT2D eigenvalue weighted by molar-refractivity contribution is 5.57. The molecule has 0 amide bonds. The van der Waals surface area contributed by atoms with Crippen molar-refractivity contribution < 1.29 is 4.52 Å². The minimum absolute atomic E-state index is 0.730. The highest BCUT2D eigenvalue weighted by Crippen LogP contribution is 2.18. The van der Waals surface area contributed by atoms with E-state index in [-0.39, 0.29) is 0 Å². The lowest BCUT2D eigenvalue weighted by Crippen LogP contribution is -2.20. The van der Waals surface area contributed by atoms with Crippen LogP contribution in [0.5, 0.6) is 0 Å². The van der Waals surface area contributed by atoms with Gasteiger partial charge in [-0.15, -0.1) is 0 Å². The molecule has 0 bridgehead atoms. The number of pyridine rings is 1. The number of aryl methyl sites for hydroxylation is 1. The minimum Gasteiger partial charge on any atom is -0.359 e. The van der Waals surface area contributed by atoms with Crippen molar-refractivity contribution in [3.05, 3.63) is 54.3 Å². The maximum absolute atomic E-state index is 5.41. The fourth-order valence-electron chi connectivity index (χ4n) is 2.30. The van der Waals surface area contributed by atoms with Gasteiger partial charge in [-0.3, -0.25) is 14.6 Å². The average molecular weight is 297 g/mol. The molecule has 0 saturated carbocycles. The summed E-state index contributed by atoms with van der Waals surface area (Å²) in [5.74, 6) is 0.854. The summed E-state index contributed by atoms with van der Waals surface area (Å²) in [7, 11) is 4.00. The van der Waals surface area contributed by atoms with Gasteiger partial charge in [0.05, 0.1) is 12.7 Å². The van der Waals surface area contributed by atoms with Crippen LogP contribution in [-0.4, -0.2) is 38.4 Å². The van der Waals surface area contributed by atoms with Gasteiger partial charge in [-0.1, -0.05) is 5.16 Å². The zero-order chi connectivity index (χ0) is 15.4. The minimum atomic E-state index is 0.730. The van der Waals surface area contributed by atoms with E-state index in [1.807, 2.05) is 42.3 Å². The molecule has 114 valence electrons. The van der Waals surface area contributed by atoms with Gasteiger partial charge in [0.15, 0.2) is 5.76 Å². The SMILES string of the molecule is CN(CCc1cnn(C)c1)Cc1cc(-c2cccnc2)no1. The zero-order valence-corrected chi connectivity index (χ0v) is 12.8. The molecule has 22 heavy (non-hydrogen) atoms. The van der Waals surface area contributed by atoms with Crippen LogP contribution in [-0.2, 0) is 20.0 Å². The largest absolute Gasteiger partial charge is 0.359 e. The Hall–Kier alpha value is -2.47. The molecule has 0 aliphatic rings. The molecule has 3 aromatic rings. The van der Waals surface area contributed by atoms with Gasteiger partial charge in [0, 0.05) is 43.8 Å². The van der Waals surface area contributed by atoms with E-state index in [1.165, 1.54) is 5.56 Å². The van der Waals surface area contributed by atoms with Crippen molar-refractivity contribution in [3.63, 3.8) is 0 Å². The first kappa shape index (κ1) is 14.5. The molecule has 0 spiro atoms. The highest BCUT2D eigenvalue weighted by Gasteiger charge is 2.09. The van der Waals surface area contributed by atoms with E-state index in [0.717, 1.165) is 36.5 Å². The van der Waals surface area contributed by atoms with Crippen LogP contribution in [0.1, 0.15) is 11.3 Å². The van der Waals surface area contributed by atoms with Crippen LogP contribution in [0.4, 0.5) is 0 Å². The first-order chi connectivity index (χ1) is 10.7. The molecule has 6 heteroatoms. The number of aromatic nitrogens is 4. The molecule has 0 fully saturated rings. The van der Waals surface area contributed by atoms with Crippen LogP contribution in [0.15, 0.2) is 47.5 Å². The van der Waals surface area contributed by atoms with E-state index in [2.05, 4.69) is 27.2 Å². The number of nitrogens with zero attached hydrogens (tertiary/aromatic N) is 5. The smallest absolute Gasteiger partial charge is 0.151 e. The molecule has 0 unspecified atom stereocenters. The van der Waals surface area contributed by atoms with Crippen LogP contribution >= 0.6 is 0 Å². The second kappa shape index (κ2) is 6.53. The molecule has 0 atom stereocenters. The van der Waals surface area contributed by atoms with Gasteiger partial charge in [-0.2, -0.15) is 5.10 Å². The molecule has 0 N–H and O–H groups in total. The number of likely N-dealkylation sites (N-methyl/N-ethyl adjacent to an activating group) is 1. The van der Waals surface area contributed by atoms with Crippen molar-refractivity contribution in [1.29, 1.82) is 0 Å². The average Bonchev–Trinajstić information content (AvgIpc) is 3.15. The molecule has 0 aromatic carbocycles. The monoisotopic (exact) mass is 297 g/mol. The standard InChI is InChI=1S/C16H19N5O/c1-20(7-5-13-9-18-21(2)11-13)12-15-8-16(19-22-15)14-4-3-6-17-10-14/h3-4,6,8-11H,5,7,12H2,1-2H3. The predicted octanol–water partition coefficient (Wildman–Crippen LogP) is 2.14. The highest BCUT2D eigenvalue weighted by atomic mass is 16.5. The van der Waals surface area contributed by atoms with Crippen LogP contribution in [0, 0.1) is 0 Å². The number of rotatable bonds is 6. The van der Waals surface area contributed by atoms with Crippen molar-refractivity contribution in [2.24, 2.45) is 7.05 Å². The first-order valence-corrected chi connectivity index (χ1v) is 7.23. The lowest BCUT2D eigenvalue weighted by Gasteiger charge is -2.13. The Balaban J connectivity index is 1.55. The fourth-order valence-corrected chi connectivity index (χ4v) is 2.30. The maximum Gasteiger partial charge on any atom is 0.151 e. The number of hydrogen-bond acceptors (Lipinski definition) is 5. The Morgan fingerprint density at radius 2 is 2.23 bits per heavy atom. The summed E-state index contributed by atoms with van der Waals surface area (Å²) in [5.41, 5.74) is 3.03. The van der Waals surface area contributed by atoms with Crippen LogP contribution < -0.4 is 0 Å². The van der Waals surface area contributed by atoms with Gasteiger partial charge in [0.1, 0.15) is 5.69 Å². The van der Waals surface area contributed by atoms with Crippen molar-refractivity contribution in [2.75, 3.05) is 13.6 Å². The molecule has 6 nitrogen and oxygen atoms in total. The van der Waals surface area contributed by atoms with Crippen LogP contribution in [0.2, 0.25) is 0 Å². The van der Waals surface area contributed by atoms with Crippen molar-refractivity contribution in [1.82, 2.24) is 24.8 Å². The Morgan fingerprint density at radius 1 is 1.32 bits per heavy atom. The van der Waals surface area contributed by atoms with Gasteiger partial charge in [-0.25, -0.2) is 0 Å². The lowest BCUT2D eigenvalue weighted by atomic mass is 10.2. The first-order valence-electron chi connectivity index (χ1n) is 7.23. The summed E-state index contributed by atoms with van der Waals surface area (Å²) in [6.45, 7) is 1.67. The summed E-state index contributed by atoms with van der Waals surface area (Å²) in [6, 6.07) is 5.84. The third-order valence-corrected chi connectivity index (χ3v) is 3.48. The fraction of sp³-hybridized carbons (Fsp3) is 0.312. The third-order valence-electron chi connectivity index (χ3n) is 3.48. The normalized spacial score (nSPS) is 11.2.